The van der Waals surface area contributed by atoms with E-state index in [4.69, 9.17) is 26.2 Å². The van der Waals surface area contributed by atoms with Crippen molar-refractivity contribution in [2.24, 2.45) is 0 Å². The zero-order valence-corrected chi connectivity index (χ0v) is 14.7. The van der Waals surface area contributed by atoms with Crippen LogP contribution >= 0.6 is 11.6 Å². The summed E-state index contributed by atoms with van der Waals surface area (Å²) < 4.78 is 38.3. The maximum Gasteiger partial charge on any atom is 0.341 e. The molecule has 2 N–H and O–H groups in total. The fraction of sp³-hybridized carbons (Fsp3) is 0.188. The Morgan fingerprint density at radius 3 is 2.60 bits per heavy atom. The maximum atomic E-state index is 13.5. The van der Waals surface area contributed by atoms with Crippen LogP contribution in [0.25, 0.3) is 0 Å². The first-order chi connectivity index (χ1) is 11.9. The second kappa shape index (κ2) is 8.68. The molecule has 134 valence electrons. The van der Waals surface area contributed by atoms with Gasteiger partial charge in [-0.05, 0) is 30.3 Å². The zero-order chi connectivity index (χ0) is 18.4. The first kappa shape index (κ1) is 19.0. The van der Waals surface area contributed by atoms with Crippen molar-refractivity contribution in [3.63, 3.8) is 0 Å². The van der Waals surface area contributed by atoms with Crippen molar-refractivity contribution in [3.05, 3.63) is 47.2 Å². The van der Waals surface area contributed by atoms with Gasteiger partial charge in [0.2, 0.25) is 0 Å². The van der Waals surface area contributed by atoms with Crippen molar-refractivity contribution in [1.82, 2.24) is 0 Å². The number of hydrogen-bond donors (Lipinski definition) is 2. The predicted molar refractivity (Wildman–Crippen MR) is 93.4 cm³/mol. The highest BCUT2D eigenvalue weighted by Crippen LogP contribution is 2.36. The van der Waals surface area contributed by atoms with E-state index in [1.165, 1.54) is 18.2 Å². The highest BCUT2D eigenvalue weighted by Gasteiger charge is 2.12. The zero-order valence-electron chi connectivity index (χ0n) is 13.1. The third kappa shape index (κ3) is 5.61. The number of benzene rings is 2. The van der Waals surface area contributed by atoms with Crippen LogP contribution in [-0.4, -0.2) is 27.6 Å². The topological polar surface area (TPSA) is 84.9 Å². The summed E-state index contributed by atoms with van der Waals surface area (Å²) in [7, 11) is -1.22. The van der Waals surface area contributed by atoms with Crippen LogP contribution < -0.4 is 14.2 Å². The van der Waals surface area contributed by atoms with Gasteiger partial charge in [0.1, 0.15) is 22.6 Å². The van der Waals surface area contributed by atoms with Crippen molar-refractivity contribution >= 4 is 34.2 Å². The lowest BCUT2D eigenvalue weighted by Gasteiger charge is -2.13. The molecule has 0 spiro atoms. The predicted octanol–water partition coefficient (Wildman–Crippen LogP) is 3.83. The third-order valence-electron chi connectivity index (χ3n) is 2.90. The number of carboxylic acid groups (broad SMARTS) is 1. The molecule has 0 radical (unpaired) electrons. The van der Waals surface area contributed by atoms with Gasteiger partial charge >= 0.3 is 5.97 Å². The number of anilines is 1. The highest BCUT2D eigenvalue weighted by molar-refractivity contribution is 7.86. The van der Waals surface area contributed by atoms with Crippen molar-refractivity contribution in [2.75, 3.05) is 17.1 Å². The summed E-state index contributed by atoms with van der Waals surface area (Å²) in [5.41, 5.74) is 0.541. The van der Waals surface area contributed by atoms with E-state index in [9.17, 15) is 13.4 Å². The van der Waals surface area contributed by atoms with Gasteiger partial charge in [-0.2, -0.15) is 0 Å². The molecule has 0 heterocycles. The molecule has 0 amide bonds. The maximum absolute atomic E-state index is 13.5. The minimum absolute atomic E-state index is 0.0130. The molecule has 1 atom stereocenters. The van der Waals surface area contributed by atoms with E-state index in [0.29, 0.717) is 11.4 Å². The molecular formula is C16H15ClFNO5S. The van der Waals surface area contributed by atoms with E-state index in [0.717, 1.165) is 12.1 Å². The number of carboxylic acids is 1. The van der Waals surface area contributed by atoms with Crippen molar-refractivity contribution in [2.45, 2.75) is 6.92 Å². The molecule has 2 rings (SSSR count). The average molecular weight is 388 g/mol. The Morgan fingerprint density at radius 2 is 1.96 bits per heavy atom. The Bertz CT molecular complexity index is 802. The van der Waals surface area contributed by atoms with Crippen molar-refractivity contribution in [3.8, 4) is 17.2 Å². The number of ether oxygens (including phenoxy) is 2. The molecule has 0 fully saturated rings. The van der Waals surface area contributed by atoms with Gasteiger partial charge in [0, 0.05) is 17.5 Å². The second-order valence-electron chi connectivity index (χ2n) is 4.76. The largest absolute Gasteiger partial charge is 0.479 e. The molecule has 6 nitrogen and oxygen atoms in total. The molecule has 0 aliphatic carbocycles. The molecule has 0 bridgehead atoms. The van der Waals surface area contributed by atoms with E-state index in [1.807, 2.05) is 0 Å². The van der Waals surface area contributed by atoms with E-state index in [1.54, 1.807) is 13.0 Å². The Kier molecular flexibility index (Phi) is 6.60. The molecule has 1 unspecified atom stereocenters. The lowest BCUT2D eigenvalue weighted by molar-refractivity contribution is -0.139. The van der Waals surface area contributed by atoms with Gasteiger partial charge in [-0.15, -0.1) is 0 Å². The summed E-state index contributed by atoms with van der Waals surface area (Å²) in [6, 6.07) is 8.09. The summed E-state index contributed by atoms with van der Waals surface area (Å²) in [5, 5.41) is 8.88. The van der Waals surface area contributed by atoms with Crippen LogP contribution in [0.1, 0.15) is 6.92 Å². The SMILES string of the molecule is CCS(=O)Nc1ccc(Oc2cc(F)ccc2OCC(=O)O)c(Cl)c1. The molecule has 0 aliphatic heterocycles. The monoisotopic (exact) mass is 387 g/mol. The van der Waals surface area contributed by atoms with Crippen LogP contribution in [0.15, 0.2) is 36.4 Å². The van der Waals surface area contributed by atoms with Crippen LogP contribution in [0, 0.1) is 5.82 Å². The first-order valence-corrected chi connectivity index (χ1v) is 8.85. The van der Waals surface area contributed by atoms with E-state index in [-0.39, 0.29) is 22.3 Å². The number of aliphatic carboxylic acids is 1. The number of nitrogens with one attached hydrogen (secondary N) is 1. The van der Waals surface area contributed by atoms with Gasteiger partial charge in [-0.25, -0.2) is 13.4 Å². The van der Waals surface area contributed by atoms with E-state index in [2.05, 4.69) is 4.72 Å². The van der Waals surface area contributed by atoms with Gasteiger partial charge in [0.15, 0.2) is 18.1 Å². The summed E-state index contributed by atoms with van der Waals surface area (Å²) in [5.74, 6) is -1.06. The van der Waals surface area contributed by atoms with Gasteiger partial charge in [0.25, 0.3) is 0 Å². The molecule has 0 saturated carbocycles. The normalized spacial score (nSPS) is 11.6. The molecular weight excluding hydrogens is 373 g/mol. The van der Waals surface area contributed by atoms with Crippen LogP contribution in [0.3, 0.4) is 0 Å². The second-order valence-corrected chi connectivity index (χ2v) is 6.64. The van der Waals surface area contributed by atoms with Gasteiger partial charge in [0.05, 0.1) is 5.02 Å². The highest BCUT2D eigenvalue weighted by atomic mass is 35.5. The Hall–Kier alpha value is -2.32. The number of halogens is 2. The number of hydrogen-bond acceptors (Lipinski definition) is 4. The minimum atomic E-state index is -1.22. The van der Waals surface area contributed by atoms with Gasteiger partial charge in [-0.1, -0.05) is 18.5 Å². The lowest BCUT2D eigenvalue weighted by atomic mass is 10.3. The Morgan fingerprint density at radius 1 is 1.24 bits per heavy atom. The van der Waals surface area contributed by atoms with Gasteiger partial charge < -0.3 is 19.3 Å². The first-order valence-electron chi connectivity index (χ1n) is 7.15. The smallest absolute Gasteiger partial charge is 0.341 e. The van der Waals surface area contributed by atoms with Crippen LogP contribution in [0.2, 0.25) is 5.02 Å². The van der Waals surface area contributed by atoms with Crippen molar-refractivity contribution < 1.29 is 28.0 Å². The Labute approximate surface area is 151 Å². The summed E-state index contributed by atoms with van der Waals surface area (Å²) in [6.07, 6.45) is 0. The van der Waals surface area contributed by atoms with E-state index >= 15 is 0 Å². The van der Waals surface area contributed by atoms with Crippen LogP contribution in [0.5, 0.6) is 17.2 Å². The fourth-order valence-corrected chi connectivity index (χ4v) is 2.54. The Balaban J connectivity index is 2.22. The molecule has 0 aromatic heterocycles. The summed E-state index contributed by atoms with van der Waals surface area (Å²) in [6.45, 7) is 1.17. The van der Waals surface area contributed by atoms with Crippen LogP contribution in [0.4, 0.5) is 10.1 Å². The van der Waals surface area contributed by atoms with E-state index < -0.39 is 29.4 Å². The average Bonchev–Trinajstić information content (AvgIpc) is 2.56. The molecule has 0 saturated heterocycles. The summed E-state index contributed by atoms with van der Waals surface area (Å²) >= 11 is 6.13. The van der Waals surface area contributed by atoms with Gasteiger partial charge in [-0.3, -0.25) is 0 Å². The van der Waals surface area contributed by atoms with Crippen LogP contribution in [-0.2, 0) is 15.8 Å². The quantitative estimate of drug-likeness (QED) is 0.719. The number of carbonyl (C=O) groups is 1. The minimum Gasteiger partial charge on any atom is -0.479 e. The lowest BCUT2D eigenvalue weighted by Crippen LogP contribution is -2.10. The fourth-order valence-electron chi connectivity index (χ4n) is 1.79. The standard InChI is InChI=1S/C16H15ClFNO5S/c1-2-25(22)19-11-4-6-13(12(17)8-11)24-15-7-10(18)3-5-14(15)23-9-16(20)21/h3-8,19H,2,9H2,1H3,(H,20,21). The molecule has 2 aromatic rings. The molecule has 2 aromatic carbocycles. The third-order valence-corrected chi connectivity index (χ3v) is 4.19. The molecule has 0 aliphatic rings. The molecule has 25 heavy (non-hydrogen) atoms. The number of rotatable bonds is 8. The van der Waals surface area contributed by atoms with Crippen molar-refractivity contribution in [1.29, 1.82) is 0 Å². The molecule has 9 heteroatoms. The summed E-state index contributed by atoms with van der Waals surface area (Å²) in [4.78, 5) is 10.6.